The van der Waals surface area contributed by atoms with Crippen LogP contribution in [-0.2, 0) is 20.7 Å². The number of nitrogens with one attached hydrogen (secondary N) is 1. The third-order valence-corrected chi connectivity index (χ3v) is 5.54. The minimum absolute atomic E-state index is 0.0465. The number of aromatic amines is 1. The number of fused-ring (bicyclic) bond motifs is 1. The summed E-state index contributed by atoms with van der Waals surface area (Å²) in [5, 5.41) is 1.11. The number of hydrogen-bond donors (Lipinski definition) is 1. The maximum absolute atomic E-state index is 12.7. The Labute approximate surface area is 153 Å². The second-order valence-corrected chi connectivity index (χ2v) is 7.13. The van der Waals surface area contributed by atoms with Gasteiger partial charge in [0.25, 0.3) is 0 Å². The van der Waals surface area contributed by atoms with Crippen molar-refractivity contribution in [1.82, 2.24) is 14.8 Å². The van der Waals surface area contributed by atoms with Crippen molar-refractivity contribution in [3.63, 3.8) is 0 Å². The Morgan fingerprint density at radius 3 is 2.54 bits per heavy atom. The number of amides is 2. The number of morpholine rings is 1. The van der Waals surface area contributed by atoms with Crippen molar-refractivity contribution in [1.29, 1.82) is 0 Å². The predicted octanol–water partition coefficient (Wildman–Crippen LogP) is 1.81. The van der Waals surface area contributed by atoms with Gasteiger partial charge in [0.15, 0.2) is 0 Å². The van der Waals surface area contributed by atoms with Crippen LogP contribution in [0, 0.1) is 5.92 Å². The zero-order valence-corrected chi connectivity index (χ0v) is 14.9. The van der Waals surface area contributed by atoms with E-state index < -0.39 is 0 Å². The number of likely N-dealkylation sites (tertiary alicyclic amines) is 1. The van der Waals surface area contributed by atoms with Crippen molar-refractivity contribution >= 4 is 22.7 Å². The Morgan fingerprint density at radius 2 is 1.77 bits per heavy atom. The molecule has 0 atom stereocenters. The summed E-state index contributed by atoms with van der Waals surface area (Å²) in [5.41, 5.74) is 2.10. The lowest BCUT2D eigenvalue weighted by Gasteiger charge is -2.35. The number of H-pyrrole nitrogens is 1. The molecule has 1 N–H and O–H groups in total. The molecule has 1 aromatic heterocycles. The van der Waals surface area contributed by atoms with E-state index in [4.69, 9.17) is 4.74 Å². The molecule has 2 aliphatic heterocycles. The summed E-state index contributed by atoms with van der Waals surface area (Å²) in [5.74, 6) is 0.425. The number of hydrogen-bond acceptors (Lipinski definition) is 3. The van der Waals surface area contributed by atoms with E-state index in [2.05, 4.69) is 4.98 Å². The molecular formula is C20H25N3O3. The van der Waals surface area contributed by atoms with Crippen LogP contribution in [0.3, 0.4) is 0 Å². The maximum atomic E-state index is 12.7. The first-order valence-corrected chi connectivity index (χ1v) is 9.41. The maximum Gasteiger partial charge on any atom is 0.227 e. The normalized spacial score (nSPS) is 19.1. The van der Waals surface area contributed by atoms with Gasteiger partial charge in [-0.1, -0.05) is 18.2 Å². The Hall–Kier alpha value is -2.34. The van der Waals surface area contributed by atoms with Gasteiger partial charge < -0.3 is 19.5 Å². The van der Waals surface area contributed by atoms with Crippen LogP contribution in [-0.4, -0.2) is 66.0 Å². The number of benzene rings is 1. The van der Waals surface area contributed by atoms with Crippen LogP contribution in [0.2, 0.25) is 0 Å². The largest absolute Gasteiger partial charge is 0.378 e. The highest BCUT2D eigenvalue weighted by molar-refractivity contribution is 5.89. The van der Waals surface area contributed by atoms with Crippen LogP contribution in [0.25, 0.3) is 10.9 Å². The van der Waals surface area contributed by atoms with Crippen LogP contribution >= 0.6 is 0 Å². The summed E-state index contributed by atoms with van der Waals surface area (Å²) in [7, 11) is 0. The van der Waals surface area contributed by atoms with Crippen molar-refractivity contribution in [2.45, 2.75) is 19.3 Å². The number of carbonyl (C=O) groups excluding carboxylic acids is 2. The molecule has 0 unspecified atom stereocenters. The molecule has 0 spiro atoms. The number of carbonyl (C=O) groups is 2. The van der Waals surface area contributed by atoms with Gasteiger partial charge in [-0.25, -0.2) is 0 Å². The van der Waals surface area contributed by atoms with Crippen molar-refractivity contribution in [2.75, 3.05) is 39.4 Å². The fraction of sp³-hybridized carbons (Fsp3) is 0.500. The lowest BCUT2D eigenvalue weighted by atomic mass is 9.94. The van der Waals surface area contributed by atoms with Crippen LogP contribution in [0.15, 0.2) is 30.5 Å². The molecule has 6 nitrogen and oxygen atoms in total. The number of ether oxygens (including phenoxy) is 1. The smallest absolute Gasteiger partial charge is 0.227 e. The molecule has 6 heteroatoms. The van der Waals surface area contributed by atoms with Gasteiger partial charge in [0.05, 0.1) is 19.6 Å². The van der Waals surface area contributed by atoms with Gasteiger partial charge in [0, 0.05) is 49.2 Å². The van der Waals surface area contributed by atoms with E-state index in [1.54, 1.807) is 0 Å². The molecule has 0 bridgehead atoms. The van der Waals surface area contributed by atoms with E-state index in [0.29, 0.717) is 45.8 Å². The molecule has 2 aromatic rings. The zero-order valence-electron chi connectivity index (χ0n) is 14.9. The minimum Gasteiger partial charge on any atom is -0.378 e. The van der Waals surface area contributed by atoms with Crippen molar-refractivity contribution in [3.05, 3.63) is 36.0 Å². The van der Waals surface area contributed by atoms with Crippen molar-refractivity contribution in [2.24, 2.45) is 5.92 Å². The second kappa shape index (κ2) is 7.50. The summed E-state index contributed by atoms with van der Waals surface area (Å²) >= 11 is 0. The molecule has 0 aliphatic carbocycles. The monoisotopic (exact) mass is 355 g/mol. The van der Waals surface area contributed by atoms with E-state index >= 15 is 0 Å². The van der Waals surface area contributed by atoms with Gasteiger partial charge in [-0.05, 0) is 24.5 Å². The lowest BCUT2D eigenvalue weighted by Crippen LogP contribution is -2.47. The third-order valence-electron chi connectivity index (χ3n) is 5.54. The minimum atomic E-state index is 0.0465. The van der Waals surface area contributed by atoms with Crippen LogP contribution in [0.1, 0.15) is 18.4 Å². The van der Waals surface area contributed by atoms with Gasteiger partial charge in [0.2, 0.25) is 11.8 Å². The zero-order chi connectivity index (χ0) is 17.9. The summed E-state index contributed by atoms with van der Waals surface area (Å²) in [6.45, 7) is 3.99. The average molecular weight is 355 g/mol. The molecule has 0 radical (unpaired) electrons. The Kier molecular flexibility index (Phi) is 4.93. The highest BCUT2D eigenvalue weighted by Crippen LogP contribution is 2.23. The first kappa shape index (κ1) is 17.1. The molecule has 3 heterocycles. The average Bonchev–Trinajstić information content (AvgIpc) is 3.11. The molecular weight excluding hydrogens is 330 g/mol. The first-order valence-electron chi connectivity index (χ1n) is 9.41. The number of para-hydroxylation sites is 1. The third kappa shape index (κ3) is 3.46. The highest BCUT2D eigenvalue weighted by atomic mass is 16.5. The Balaban J connectivity index is 1.32. The van der Waals surface area contributed by atoms with E-state index in [9.17, 15) is 9.59 Å². The number of rotatable bonds is 3. The molecule has 2 aliphatic rings. The first-order chi connectivity index (χ1) is 12.7. The second-order valence-electron chi connectivity index (χ2n) is 7.13. The van der Waals surface area contributed by atoms with Gasteiger partial charge in [-0.15, -0.1) is 0 Å². The molecule has 138 valence electrons. The summed E-state index contributed by atoms with van der Waals surface area (Å²) in [6.07, 6.45) is 3.86. The van der Waals surface area contributed by atoms with Gasteiger partial charge >= 0.3 is 0 Å². The molecule has 26 heavy (non-hydrogen) atoms. The molecule has 0 saturated carbocycles. The summed E-state index contributed by atoms with van der Waals surface area (Å²) in [6, 6.07) is 8.04. The van der Waals surface area contributed by atoms with E-state index in [1.807, 2.05) is 40.3 Å². The van der Waals surface area contributed by atoms with E-state index in [-0.39, 0.29) is 17.7 Å². The topological polar surface area (TPSA) is 65.6 Å². The predicted molar refractivity (Wildman–Crippen MR) is 98.7 cm³/mol. The van der Waals surface area contributed by atoms with Gasteiger partial charge in [-0.3, -0.25) is 9.59 Å². The van der Waals surface area contributed by atoms with Crippen LogP contribution in [0.4, 0.5) is 0 Å². The standard InChI is InChI=1S/C20H25N3O3/c24-19(13-16-14-21-18-4-2-1-3-17(16)18)22-7-5-15(6-8-22)20(25)23-9-11-26-12-10-23/h1-4,14-15,21H,5-13H2. The summed E-state index contributed by atoms with van der Waals surface area (Å²) < 4.78 is 5.32. The van der Waals surface area contributed by atoms with Crippen LogP contribution in [0.5, 0.6) is 0 Å². The number of nitrogens with zero attached hydrogens (tertiary/aromatic N) is 2. The van der Waals surface area contributed by atoms with E-state index in [0.717, 1.165) is 29.3 Å². The molecule has 4 rings (SSSR count). The van der Waals surface area contributed by atoms with E-state index in [1.165, 1.54) is 0 Å². The molecule has 2 fully saturated rings. The highest BCUT2D eigenvalue weighted by Gasteiger charge is 2.30. The number of piperidine rings is 1. The Morgan fingerprint density at radius 1 is 1.04 bits per heavy atom. The number of aromatic nitrogens is 1. The molecule has 2 amide bonds. The van der Waals surface area contributed by atoms with Gasteiger partial charge in [-0.2, -0.15) is 0 Å². The summed E-state index contributed by atoms with van der Waals surface area (Å²) in [4.78, 5) is 32.3. The molecule has 2 saturated heterocycles. The van der Waals surface area contributed by atoms with Crippen molar-refractivity contribution in [3.8, 4) is 0 Å². The lowest BCUT2D eigenvalue weighted by molar-refractivity contribution is -0.143. The Bertz CT molecular complexity index is 786. The van der Waals surface area contributed by atoms with Crippen LogP contribution < -0.4 is 0 Å². The molecule has 1 aromatic carbocycles. The van der Waals surface area contributed by atoms with Gasteiger partial charge in [0.1, 0.15) is 0 Å². The quantitative estimate of drug-likeness (QED) is 0.913. The fourth-order valence-corrected chi connectivity index (χ4v) is 3.97. The fourth-order valence-electron chi connectivity index (χ4n) is 3.97. The van der Waals surface area contributed by atoms with Crippen molar-refractivity contribution < 1.29 is 14.3 Å². The SMILES string of the molecule is O=C(Cc1c[nH]c2ccccc12)N1CCC(C(=O)N2CCOCC2)CC1.